The lowest BCUT2D eigenvalue weighted by Crippen LogP contribution is -2.16. The number of hydrogen-bond donors (Lipinski definition) is 3. The number of benzene rings is 2. The number of nitrogens with one attached hydrogen (secondary N) is 3. The Morgan fingerprint density at radius 2 is 1.83 bits per heavy atom. The van der Waals surface area contributed by atoms with Gasteiger partial charge in [-0.2, -0.15) is 10.2 Å². The lowest BCUT2D eigenvalue weighted by atomic mass is 10.1. The molecule has 2 heterocycles. The third kappa shape index (κ3) is 5.04. The fourth-order valence-electron chi connectivity index (χ4n) is 3.26. The first-order valence-electron chi connectivity index (χ1n) is 10.1. The van der Waals surface area contributed by atoms with Crippen molar-refractivity contribution in [2.24, 2.45) is 0 Å². The molecule has 10 nitrogen and oxygen atoms in total. The van der Waals surface area contributed by atoms with Gasteiger partial charge in [0, 0.05) is 16.8 Å². The van der Waals surface area contributed by atoms with E-state index in [1.807, 2.05) is 0 Å². The van der Waals surface area contributed by atoms with Crippen molar-refractivity contribution in [3.63, 3.8) is 0 Å². The number of amides is 2. The summed E-state index contributed by atoms with van der Waals surface area (Å²) in [5.74, 6) is -1.32. The Balaban J connectivity index is 1.56. The summed E-state index contributed by atoms with van der Waals surface area (Å²) in [7, 11) is 1.41. The zero-order chi connectivity index (χ0) is 25.1. The van der Waals surface area contributed by atoms with Crippen LogP contribution in [0, 0.1) is 12.7 Å². The summed E-state index contributed by atoms with van der Waals surface area (Å²) in [5, 5.41) is 15.8. The molecule has 2 aromatic heterocycles. The molecular formula is C23H18ClFN6O4. The molecule has 12 heteroatoms. The maximum Gasteiger partial charge on any atom is 0.264 e. The van der Waals surface area contributed by atoms with Crippen LogP contribution in [0.2, 0.25) is 5.02 Å². The van der Waals surface area contributed by atoms with Gasteiger partial charge in [0.2, 0.25) is 0 Å². The smallest absolute Gasteiger partial charge is 0.264 e. The van der Waals surface area contributed by atoms with Crippen molar-refractivity contribution >= 4 is 34.8 Å². The molecule has 0 aliphatic rings. The third-order valence-corrected chi connectivity index (χ3v) is 5.25. The van der Waals surface area contributed by atoms with Gasteiger partial charge in [0.05, 0.1) is 35.8 Å². The van der Waals surface area contributed by atoms with Crippen LogP contribution in [0.1, 0.15) is 26.4 Å². The number of aromatic amines is 1. The fourth-order valence-corrected chi connectivity index (χ4v) is 3.42. The molecule has 178 valence electrons. The van der Waals surface area contributed by atoms with E-state index in [-0.39, 0.29) is 27.4 Å². The summed E-state index contributed by atoms with van der Waals surface area (Å²) in [5.41, 5.74) is 0.749. The first-order valence-corrected chi connectivity index (χ1v) is 10.5. The largest absolute Gasteiger partial charge is 0.495 e. The predicted octanol–water partition coefficient (Wildman–Crippen LogP) is 3.57. The summed E-state index contributed by atoms with van der Waals surface area (Å²) < 4.78 is 20.8. The van der Waals surface area contributed by atoms with Crippen molar-refractivity contribution in [1.29, 1.82) is 0 Å². The molecule has 0 radical (unpaired) electrons. The van der Waals surface area contributed by atoms with Gasteiger partial charge in [0.25, 0.3) is 17.4 Å². The van der Waals surface area contributed by atoms with Gasteiger partial charge in [-0.3, -0.25) is 14.4 Å². The van der Waals surface area contributed by atoms with Gasteiger partial charge in [-0.25, -0.2) is 14.2 Å². The summed E-state index contributed by atoms with van der Waals surface area (Å²) in [6.07, 6.45) is 1.37. The third-order valence-electron chi connectivity index (χ3n) is 5.02. The van der Waals surface area contributed by atoms with Crippen molar-refractivity contribution in [2.75, 3.05) is 17.7 Å². The highest BCUT2D eigenvalue weighted by atomic mass is 35.5. The second kappa shape index (κ2) is 9.77. The monoisotopic (exact) mass is 496 g/mol. The molecule has 35 heavy (non-hydrogen) atoms. The number of methoxy groups -OCH3 is 1. The van der Waals surface area contributed by atoms with E-state index in [2.05, 4.69) is 25.9 Å². The second-order valence-electron chi connectivity index (χ2n) is 7.28. The molecule has 0 fully saturated rings. The van der Waals surface area contributed by atoms with E-state index < -0.39 is 17.6 Å². The minimum absolute atomic E-state index is 0.163. The molecule has 0 unspecified atom stereocenters. The van der Waals surface area contributed by atoms with Crippen LogP contribution in [0.15, 0.2) is 59.5 Å². The van der Waals surface area contributed by atoms with E-state index >= 15 is 0 Å². The number of nitrogens with zero attached hydrogens (tertiary/aromatic N) is 3. The molecular weight excluding hydrogens is 479 g/mol. The second-order valence-corrected chi connectivity index (χ2v) is 7.72. The van der Waals surface area contributed by atoms with Crippen molar-refractivity contribution in [3.8, 4) is 11.6 Å². The number of H-pyrrole nitrogens is 1. The number of anilines is 2. The molecule has 0 atom stereocenters. The van der Waals surface area contributed by atoms with Crippen LogP contribution in [-0.4, -0.2) is 38.9 Å². The Bertz CT molecular complexity index is 1480. The molecule has 0 aliphatic heterocycles. The zero-order valence-corrected chi connectivity index (χ0v) is 19.2. The predicted molar refractivity (Wildman–Crippen MR) is 127 cm³/mol. The lowest BCUT2D eigenvalue weighted by Gasteiger charge is -2.13. The topological polar surface area (TPSA) is 131 Å². The van der Waals surface area contributed by atoms with Crippen LogP contribution in [0.3, 0.4) is 0 Å². The molecule has 0 spiro atoms. The molecule has 4 aromatic rings. The van der Waals surface area contributed by atoms with Gasteiger partial charge in [0.1, 0.15) is 11.6 Å². The SMILES string of the molecule is COc1ccc(NC(=O)c2cnn(-c3ccc(=O)[nH]n3)c2C)cc1NC(=O)c1ccc(Cl)cc1F. The van der Waals surface area contributed by atoms with Gasteiger partial charge in [0.15, 0.2) is 5.82 Å². The molecule has 0 saturated carbocycles. The highest BCUT2D eigenvalue weighted by Crippen LogP contribution is 2.29. The van der Waals surface area contributed by atoms with Crippen molar-refractivity contribution in [2.45, 2.75) is 6.92 Å². The lowest BCUT2D eigenvalue weighted by molar-refractivity contribution is 0.101. The number of carbonyl (C=O) groups excluding carboxylic acids is 2. The Kier molecular flexibility index (Phi) is 6.60. The fraction of sp³-hybridized carbons (Fsp3) is 0.0870. The average Bonchev–Trinajstić information content (AvgIpc) is 3.21. The van der Waals surface area contributed by atoms with E-state index in [0.29, 0.717) is 22.9 Å². The molecule has 0 saturated heterocycles. The Morgan fingerprint density at radius 3 is 2.51 bits per heavy atom. The highest BCUT2D eigenvalue weighted by molar-refractivity contribution is 6.30. The number of ether oxygens (including phenoxy) is 1. The Morgan fingerprint density at radius 1 is 1.06 bits per heavy atom. The van der Waals surface area contributed by atoms with Gasteiger partial charge < -0.3 is 15.4 Å². The quantitative estimate of drug-likeness (QED) is 0.374. The van der Waals surface area contributed by atoms with Crippen molar-refractivity contribution in [1.82, 2.24) is 20.0 Å². The van der Waals surface area contributed by atoms with Gasteiger partial charge in [-0.05, 0) is 49.4 Å². The number of carbonyl (C=O) groups is 2. The maximum atomic E-state index is 14.1. The van der Waals surface area contributed by atoms with Gasteiger partial charge in [-0.1, -0.05) is 11.6 Å². The van der Waals surface area contributed by atoms with E-state index in [0.717, 1.165) is 6.07 Å². The minimum Gasteiger partial charge on any atom is -0.495 e. The molecule has 0 aliphatic carbocycles. The van der Waals surface area contributed by atoms with Crippen LogP contribution >= 0.6 is 11.6 Å². The molecule has 2 amide bonds. The number of aromatic nitrogens is 4. The van der Waals surface area contributed by atoms with Crippen LogP contribution in [0.5, 0.6) is 5.75 Å². The van der Waals surface area contributed by atoms with Crippen LogP contribution in [0.4, 0.5) is 15.8 Å². The normalized spacial score (nSPS) is 10.6. The number of hydrogen-bond acceptors (Lipinski definition) is 6. The summed E-state index contributed by atoms with van der Waals surface area (Å²) in [6, 6.07) is 11.1. The van der Waals surface area contributed by atoms with Gasteiger partial charge >= 0.3 is 0 Å². The first kappa shape index (κ1) is 23.6. The summed E-state index contributed by atoms with van der Waals surface area (Å²) in [6.45, 7) is 1.68. The number of rotatable bonds is 6. The van der Waals surface area contributed by atoms with Crippen LogP contribution in [-0.2, 0) is 0 Å². The van der Waals surface area contributed by atoms with Crippen molar-refractivity contribution in [3.05, 3.63) is 92.7 Å². The standard InChI is InChI=1S/C23H18ClFN6O4/c1-12-16(11-26-31(12)20-7-8-21(32)30-29-20)23(34)27-14-4-6-19(35-2)18(10-14)28-22(33)15-5-3-13(24)9-17(15)25/h3-11H,1-2H3,(H,27,34)(H,28,33)(H,30,32). The Hall–Kier alpha value is -4.51. The average molecular weight is 497 g/mol. The van der Waals surface area contributed by atoms with Crippen molar-refractivity contribution < 1.29 is 18.7 Å². The first-order chi connectivity index (χ1) is 16.8. The van der Waals surface area contributed by atoms with Crippen LogP contribution in [0.25, 0.3) is 5.82 Å². The van der Waals surface area contributed by atoms with Crippen LogP contribution < -0.4 is 20.9 Å². The number of halogens is 2. The maximum absolute atomic E-state index is 14.1. The minimum atomic E-state index is -0.775. The molecule has 0 bridgehead atoms. The zero-order valence-electron chi connectivity index (χ0n) is 18.4. The van der Waals surface area contributed by atoms with E-state index in [1.54, 1.807) is 19.1 Å². The van der Waals surface area contributed by atoms with E-state index in [9.17, 15) is 18.8 Å². The summed E-state index contributed by atoms with van der Waals surface area (Å²) in [4.78, 5) is 36.7. The highest BCUT2D eigenvalue weighted by Gasteiger charge is 2.18. The molecule has 4 rings (SSSR count). The van der Waals surface area contributed by atoms with Gasteiger partial charge in [-0.15, -0.1) is 0 Å². The molecule has 3 N–H and O–H groups in total. The molecule has 2 aromatic carbocycles. The summed E-state index contributed by atoms with van der Waals surface area (Å²) >= 11 is 5.75. The van der Waals surface area contributed by atoms with E-state index in [4.69, 9.17) is 16.3 Å². The Labute approximate surface area is 202 Å². The van der Waals surface area contributed by atoms with E-state index in [1.165, 1.54) is 48.3 Å².